The molecule has 2 heterocycles. The first-order valence-electron chi connectivity index (χ1n) is 6.18. The van der Waals surface area contributed by atoms with Crippen molar-refractivity contribution in [3.63, 3.8) is 0 Å². The lowest BCUT2D eigenvalue weighted by Gasteiger charge is -2.07. The first kappa shape index (κ1) is 11.8. The first-order chi connectivity index (χ1) is 8.35. The minimum absolute atomic E-state index is 0.921. The van der Waals surface area contributed by atoms with Crippen molar-refractivity contribution in [3.05, 3.63) is 36.3 Å². The summed E-state index contributed by atoms with van der Waals surface area (Å²) in [6.45, 7) is 4.31. The summed E-state index contributed by atoms with van der Waals surface area (Å²) in [7, 11) is 0. The molecule has 0 saturated heterocycles. The molecule has 4 heteroatoms. The molecule has 0 aliphatic heterocycles. The summed E-state index contributed by atoms with van der Waals surface area (Å²) in [6.07, 6.45) is 9.57. The molecule has 2 aromatic heterocycles. The van der Waals surface area contributed by atoms with Crippen molar-refractivity contribution in [2.24, 2.45) is 0 Å². The van der Waals surface area contributed by atoms with Gasteiger partial charge in [0.2, 0.25) is 0 Å². The Kier molecular flexibility index (Phi) is 3.85. The lowest BCUT2D eigenvalue weighted by molar-refractivity contribution is 0.788. The third-order valence-electron chi connectivity index (χ3n) is 2.65. The molecule has 2 rings (SSSR count). The molecule has 2 aromatic rings. The van der Waals surface area contributed by atoms with E-state index in [1.807, 2.05) is 23.0 Å². The molecule has 0 atom stereocenters. The zero-order chi connectivity index (χ0) is 12.1. The molecule has 4 nitrogen and oxygen atoms in total. The van der Waals surface area contributed by atoms with E-state index in [9.17, 15) is 0 Å². The van der Waals surface area contributed by atoms with E-state index in [0.717, 1.165) is 43.0 Å². The highest BCUT2D eigenvalue weighted by atomic mass is 15.1. The van der Waals surface area contributed by atoms with Gasteiger partial charge < -0.3 is 0 Å². The Morgan fingerprint density at radius 3 is 2.65 bits per heavy atom. The summed E-state index contributed by atoms with van der Waals surface area (Å²) in [5, 5.41) is 0. The van der Waals surface area contributed by atoms with E-state index in [-0.39, 0.29) is 0 Å². The standard InChI is InChI=1S/C13H18N4/c1-3-5-11-9-13(16-10-15-11)17-8-7-14-12(17)6-4-2/h7-10H,3-6H2,1-2H3. The summed E-state index contributed by atoms with van der Waals surface area (Å²) in [5.41, 5.74) is 1.09. The second-order valence-electron chi connectivity index (χ2n) is 4.08. The fraction of sp³-hybridized carbons (Fsp3) is 0.462. The number of aromatic nitrogens is 4. The molecule has 90 valence electrons. The van der Waals surface area contributed by atoms with Crippen molar-refractivity contribution in [2.45, 2.75) is 39.5 Å². The van der Waals surface area contributed by atoms with Crippen LogP contribution < -0.4 is 0 Å². The molecule has 0 radical (unpaired) electrons. The average Bonchev–Trinajstić information content (AvgIpc) is 2.79. The molecule has 0 aromatic carbocycles. The van der Waals surface area contributed by atoms with Crippen LogP contribution in [0.15, 0.2) is 24.8 Å². The zero-order valence-corrected chi connectivity index (χ0v) is 10.4. The molecule has 0 aliphatic rings. The summed E-state index contributed by atoms with van der Waals surface area (Å²) in [5.74, 6) is 1.98. The third kappa shape index (κ3) is 2.70. The van der Waals surface area contributed by atoms with Crippen LogP contribution in [-0.4, -0.2) is 19.5 Å². The van der Waals surface area contributed by atoms with Crippen molar-refractivity contribution in [3.8, 4) is 5.82 Å². The van der Waals surface area contributed by atoms with Crippen molar-refractivity contribution >= 4 is 0 Å². The van der Waals surface area contributed by atoms with Crippen molar-refractivity contribution in [2.75, 3.05) is 0 Å². The predicted molar refractivity (Wildman–Crippen MR) is 67.1 cm³/mol. The number of rotatable bonds is 5. The van der Waals surface area contributed by atoms with E-state index < -0.39 is 0 Å². The number of imidazole rings is 1. The smallest absolute Gasteiger partial charge is 0.141 e. The maximum absolute atomic E-state index is 4.36. The molecular weight excluding hydrogens is 212 g/mol. The molecule has 0 saturated carbocycles. The number of nitrogens with zero attached hydrogens (tertiary/aromatic N) is 4. The van der Waals surface area contributed by atoms with Crippen LogP contribution in [-0.2, 0) is 12.8 Å². The van der Waals surface area contributed by atoms with Crippen LogP contribution in [0.25, 0.3) is 5.82 Å². The summed E-state index contributed by atoms with van der Waals surface area (Å²) in [4.78, 5) is 12.9. The molecule has 17 heavy (non-hydrogen) atoms. The summed E-state index contributed by atoms with van der Waals surface area (Å²) in [6, 6.07) is 2.05. The predicted octanol–water partition coefficient (Wildman–Crippen LogP) is 2.57. The summed E-state index contributed by atoms with van der Waals surface area (Å²) < 4.78 is 2.05. The third-order valence-corrected chi connectivity index (χ3v) is 2.65. The van der Waals surface area contributed by atoms with Gasteiger partial charge in [0.05, 0.1) is 0 Å². The molecule has 0 N–H and O–H groups in total. The van der Waals surface area contributed by atoms with Crippen LogP contribution in [0.5, 0.6) is 0 Å². The van der Waals surface area contributed by atoms with Gasteiger partial charge in [-0.25, -0.2) is 15.0 Å². The Bertz CT molecular complexity index is 476. The normalized spacial score (nSPS) is 10.7. The highest BCUT2D eigenvalue weighted by Crippen LogP contribution is 2.10. The fourth-order valence-electron chi connectivity index (χ4n) is 1.86. The van der Waals surface area contributed by atoms with Crippen molar-refractivity contribution in [1.82, 2.24) is 19.5 Å². The number of hydrogen-bond acceptors (Lipinski definition) is 3. The van der Waals surface area contributed by atoms with E-state index in [4.69, 9.17) is 0 Å². The van der Waals surface area contributed by atoms with E-state index in [1.165, 1.54) is 0 Å². The Balaban J connectivity index is 2.31. The number of hydrogen-bond donors (Lipinski definition) is 0. The minimum atomic E-state index is 0.921. The highest BCUT2D eigenvalue weighted by molar-refractivity contribution is 5.26. The molecule has 0 fully saturated rings. The topological polar surface area (TPSA) is 43.6 Å². The van der Waals surface area contributed by atoms with Gasteiger partial charge in [0.15, 0.2) is 0 Å². The zero-order valence-electron chi connectivity index (χ0n) is 10.4. The van der Waals surface area contributed by atoms with Crippen LogP contribution >= 0.6 is 0 Å². The monoisotopic (exact) mass is 230 g/mol. The van der Waals surface area contributed by atoms with Gasteiger partial charge in [-0.05, 0) is 12.8 Å². The van der Waals surface area contributed by atoms with Crippen LogP contribution in [0.3, 0.4) is 0 Å². The van der Waals surface area contributed by atoms with Gasteiger partial charge in [-0.15, -0.1) is 0 Å². The maximum Gasteiger partial charge on any atom is 0.141 e. The Morgan fingerprint density at radius 1 is 1.06 bits per heavy atom. The average molecular weight is 230 g/mol. The van der Waals surface area contributed by atoms with Gasteiger partial charge in [-0.3, -0.25) is 4.57 Å². The molecule has 0 bridgehead atoms. The first-order valence-corrected chi connectivity index (χ1v) is 6.18. The SMILES string of the molecule is CCCc1cc(-n2ccnc2CCC)ncn1. The van der Waals surface area contributed by atoms with E-state index in [2.05, 4.69) is 28.8 Å². The van der Waals surface area contributed by atoms with Gasteiger partial charge in [0, 0.05) is 30.6 Å². The largest absolute Gasteiger partial charge is 0.288 e. The fourth-order valence-corrected chi connectivity index (χ4v) is 1.86. The lowest BCUT2D eigenvalue weighted by atomic mass is 10.2. The Labute approximate surface area is 102 Å². The second-order valence-corrected chi connectivity index (χ2v) is 4.08. The molecule has 0 spiro atoms. The minimum Gasteiger partial charge on any atom is -0.288 e. The lowest BCUT2D eigenvalue weighted by Crippen LogP contribution is -2.04. The van der Waals surface area contributed by atoms with Gasteiger partial charge in [0.1, 0.15) is 18.0 Å². The second kappa shape index (κ2) is 5.57. The highest BCUT2D eigenvalue weighted by Gasteiger charge is 2.06. The maximum atomic E-state index is 4.36. The van der Waals surface area contributed by atoms with Crippen molar-refractivity contribution < 1.29 is 0 Å². The molecular formula is C13H18N4. The van der Waals surface area contributed by atoms with Crippen LogP contribution in [0.2, 0.25) is 0 Å². The van der Waals surface area contributed by atoms with Crippen LogP contribution in [0, 0.1) is 0 Å². The molecule has 0 aliphatic carbocycles. The van der Waals surface area contributed by atoms with Crippen molar-refractivity contribution in [1.29, 1.82) is 0 Å². The summed E-state index contributed by atoms with van der Waals surface area (Å²) >= 11 is 0. The van der Waals surface area contributed by atoms with Crippen LogP contribution in [0.1, 0.15) is 38.2 Å². The molecule has 0 unspecified atom stereocenters. The van der Waals surface area contributed by atoms with E-state index in [0.29, 0.717) is 0 Å². The van der Waals surface area contributed by atoms with Gasteiger partial charge in [-0.2, -0.15) is 0 Å². The van der Waals surface area contributed by atoms with E-state index >= 15 is 0 Å². The molecule has 0 amide bonds. The van der Waals surface area contributed by atoms with Gasteiger partial charge >= 0.3 is 0 Å². The number of aryl methyl sites for hydroxylation is 2. The van der Waals surface area contributed by atoms with Gasteiger partial charge in [0.25, 0.3) is 0 Å². The Hall–Kier alpha value is -1.71. The van der Waals surface area contributed by atoms with E-state index in [1.54, 1.807) is 6.33 Å². The van der Waals surface area contributed by atoms with Crippen LogP contribution in [0.4, 0.5) is 0 Å². The van der Waals surface area contributed by atoms with Gasteiger partial charge in [-0.1, -0.05) is 20.3 Å². The Morgan fingerprint density at radius 2 is 1.88 bits per heavy atom. The quantitative estimate of drug-likeness (QED) is 0.793.